The maximum absolute atomic E-state index is 4.32. The van der Waals surface area contributed by atoms with Crippen LogP contribution in [0.5, 0.6) is 0 Å². The van der Waals surface area contributed by atoms with Crippen LogP contribution >= 0.6 is 0 Å². The Morgan fingerprint density at radius 3 is 3.00 bits per heavy atom. The highest BCUT2D eigenvalue weighted by atomic mass is 15.3. The van der Waals surface area contributed by atoms with Gasteiger partial charge in [0.2, 0.25) is 0 Å². The molecule has 2 rings (SSSR count). The van der Waals surface area contributed by atoms with Gasteiger partial charge >= 0.3 is 0 Å². The minimum absolute atomic E-state index is 0.437. The van der Waals surface area contributed by atoms with E-state index in [-0.39, 0.29) is 0 Å². The number of nitrogens with zero attached hydrogens (tertiary/aromatic N) is 2. The summed E-state index contributed by atoms with van der Waals surface area (Å²) in [6, 6.07) is 1.19. The first kappa shape index (κ1) is 11.6. The third-order valence-electron chi connectivity index (χ3n) is 3.52. The van der Waals surface area contributed by atoms with Gasteiger partial charge in [0.1, 0.15) is 0 Å². The summed E-state index contributed by atoms with van der Waals surface area (Å²) in [5.74, 6) is 0.925. The van der Waals surface area contributed by atoms with Crippen LogP contribution in [0.4, 0.5) is 0 Å². The Labute approximate surface area is 98.2 Å². The molecule has 0 spiro atoms. The molecule has 1 aromatic heterocycles. The second-order valence-corrected chi connectivity index (χ2v) is 4.91. The van der Waals surface area contributed by atoms with Crippen molar-refractivity contribution in [3.63, 3.8) is 0 Å². The molecular formula is C13H23N3. The molecule has 1 saturated carbocycles. The van der Waals surface area contributed by atoms with E-state index in [4.69, 9.17) is 0 Å². The fourth-order valence-electron chi connectivity index (χ4n) is 2.34. The minimum Gasteiger partial charge on any atom is -0.307 e. The Morgan fingerprint density at radius 1 is 1.56 bits per heavy atom. The fraction of sp³-hybridized carbons (Fsp3) is 0.769. The highest BCUT2D eigenvalue weighted by molar-refractivity contribution is 5.11. The van der Waals surface area contributed by atoms with E-state index in [1.54, 1.807) is 0 Å². The second kappa shape index (κ2) is 5.00. The van der Waals surface area contributed by atoms with Crippen molar-refractivity contribution >= 4 is 0 Å². The monoisotopic (exact) mass is 221 g/mol. The predicted octanol–water partition coefficient (Wildman–Crippen LogP) is 2.74. The van der Waals surface area contributed by atoms with Gasteiger partial charge in [-0.15, -0.1) is 0 Å². The van der Waals surface area contributed by atoms with Gasteiger partial charge in [-0.1, -0.05) is 13.3 Å². The van der Waals surface area contributed by atoms with Gasteiger partial charge in [-0.3, -0.25) is 4.68 Å². The summed E-state index contributed by atoms with van der Waals surface area (Å²) < 4.78 is 1.99. The molecular weight excluding hydrogens is 198 g/mol. The lowest BCUT2D eigenvalue weighted by Crippen LogP contribution is -2.22. The van der Waals surface area contributed by atoms with E-state index in [0.717, 1.165) is 18.5 Å². The molecule has 1 heterocycles. The molecule has 3 heteroatoms. The normalized spacial score (nSPS) is 25.7. The predicted molar refractivity (Wildman–Crippen MR) is 66.3 cm³/mol. The van der Waals surface area contributed by atoms with E-state index in [2.05, 4.69) is 37.4 Å². The van der Waals surface area contributed by atoms with Crippen LogP contribution < -0.4 is 5.32 Å². The number of hydrogen-bond acceptors (Lipinski definition) is 2. The summed E-state index contributed by atoms with van der Waals surface area (Å²) in [5, 5.41) is 8.00. The van der Waals surface area contributed by atoms with Crippen molar-refractivity contribution in [3.8, 4) is 0 Å². The summed E-state index contributed by atoms with van der Waals surface area (Å²) in [7, 11) is 0. The SMILES string of the molecule is CCCC1CC1NC(C)c1cnn(CC)c1. The molecule has 16 heavy (non-hydrogen) atoms. The standard InChI is InChI=1S/C13H23N3/c1-4-6-11-7-13(11)15-10(3)12-8-14-16(5-2)9-12/h8-11,13,15H,4-7H2,1-3H3. The minimum atomic E-state index is 0.437. The Bertz CT molecular complexity index is 332. The summed E-state index contributed by atoms with van der Waals surface area (Å²) in [5.41, 5.74) is 1.31. The van der Waals surface area contributed by atoms with Gasteiger partial charge in [0.25, 0.3) is 0 Å². The number of rotatable bonds is 6. The van der Waals surface area contributed by atoms with Gasteiger partial charge in [0.15, 0.2) is 0 Å². The average Bonchev–Trinajstić information content (AvgIpc) is 2.84. The van der Waals surface area contributed by atoms with Crippen LogP contribution in [0.3, 0.4) is 0 Å². The van der Waals surface area contributed by atoms with E-state index in [1.807, 2.05) is 10.9 Å². The van der Waals surface area contributed by atoms with Gasteiger partial charge in [0.05, 0.1) is 6.20 Å². The van der Waals surface area contributed by atoms with Crippen molar-refractivity contribution < 1.29 is 0 Å². The molecule has 0 aliphatic heterocycles. The van der Waals surface area contributed by atoms with Crippen LogP contribution in [0.1, 0.15) is 51.6 Å². The number of aryl methyl sites for hydroxylation is 1. The van der Waals surface area contributed by atoms with Crippen LogP contribution in [-0.4, -0.2) is 15.8 Å². The van der Waals surface area contributed by atoms with Crippen LogP contribution in [0, 0.1) is 5.92 Å². The third-order valence-corrected chi connectivity index (χ3v) is 3.52. The molecule has 1 aliphatic carbocycles. The van der Waals surface area contributed by atoms with E-state index >= 15 is 0 Å². The maximum Gasteiger partial charge on any atom is 0.0537 e. The zero-order valence-electron chi connectivity index (χ0n) is 10.6. The van der Waals surface area contributed by atoms with Crippen molar-refractivity contribution in [3.05, 3.63) is 18.0 Å². The van der Waals surface area contributed by atoms with Gasteiger partial charge in [0, 0.05) is 30.4 Å². The van der Waals surface area contributed by atoms with Gasteiger partial charge < -0.3 is 5.32 Å². The molecule has 0 radical (unpaired) electrons. The lowest BCUT2D eigenvalue weighted by Gasteiger charge is -2.11. The Balaban J connectivity index is 1.82. The van der Waals surface area contributed by atoms with Gasteiger partial charge in [-0.2, -0.15) is 5.10 Å². The molecule has 0 saturated heterocycles. The summed E-state index contributed by atoms with van der Waals surface area (Å²) in [6.45, 7) is 7.57. The second-order valence-electron chi connectivity index (χ2n) is 4.91. The van der Waals surface area contributed by atoms with E-state index in [0.29, 0.717) is 6.04 Å². The molecule has 90 valence electrons. The van der Waals surface area contributed by atoms with Crippen LogP contribution in [0.15, 0.2) is 12.4 Å². The van der Waals surface area contributed by atoms with E-state index in [9.17, 15) is 0 Å². The first-order chi connectivity index (χ1) is 7.74. The van der Waals surface area contributed by atoms with Crippen molar-refractivity contribution in [2.24, 2.45) is 5.92 Å². The number of hydrogen-bond donors (Lipinski definition) is 1. The molecule has 1 fully saturated rings. The summed E-state index contributed by atoms with van der Waals surface area (Å²) in [4.78, 5) is 0. The molecule has 1 aromatic rings. The highest BCUT2D eigenvalue weighted by Crippen LogP contribution is 2.36. The molecule has 0 amide bonds. The van der Waals surface area contributed by atoms with E-state index in [1.165, 1.54) is 24.8 Å². The van der Waals surface area contributed by atoms with Crippen molar-refractivity contribution in [2.75, 3.05) is 0 Å². The maximum atomic E-state index is 4.32. The fourth-order valence-corrected chi connectivity index (χ4v) is 2.34. The van der Waals surface area contributed by atoms with Crippen molar-refractivity contribution in [2.45, 2.75) is 58.7 Å². The lowest BCUT2D eigenvalue weighted by molar-refractivity contribution is 0.529. The average molecular weight is 221 g/mol. The first-order valence-electron chi connectivity index (χ1n) is 6.53. The zero-order chi connectivity index (χ0) is 11.5. The van der Waals surface area contributed by atoms with Crippen LogP contribution in [-0.2, 0) is 6.54 Å². The molecule has 0 aromatic carbocycles. The Hall–Kier alpha value is -0.830. The van der Waals surface area contributed by atoms with Crippen LogP contribution in [0.2, 0.25) is 0 Å². The summed E-state index contributed by atoms with van der Waals surface area (Å²) >= 11 is 0. The highest BCUT2D eigenvalue weighted by Gasteiger charge is 2.36. The smallest absolute Gasteiger partial charge is 0.0537 e. The topological polar surface area (TPSA) is 29.9 Å². The van der Waals surface area contributed by atoms with Crippen LogP contribution in [0.25, 0.3) is 0 Å². The molecule has 0 bridgehead atoms. The number of nitrogens with one attached hydrogen (secondary N) is 1. The number of aromatic nitrogens is 2. The lowest BCUT2D eigenvalue weighted by atomic mass is 10.2. The van der Waals surface area contributed by atoms with Crippen molar-refractivity contribution in [1.82, 2.24) is 15.1 Å². The third kappa shape index (κ3) is 2.64. The first-order valence-corrected chi connectivity index (χ1v) is 6.53. The molecule has 1 N–H and O–H groups in total. The Kier molecular flexibility index (Phi) is 3.64. The Morgan fingerprint density at radius 2 is 2.38 bits per heavy atom. The zero-order valence-corrected chi connectivity index (χ0v) is 10.6. The molecule has 1 aliphatic rings. The van der Waals surface area contributed by atoms with Gasteiger partial charge in [-0.05, 0) is 32.6 Å². The largest absolute Gasteiger partial charge is 0.307 e. The summed E-state index contributed by atoms with van der Waals surface area (Å²) in [6.07, 6.45) is 8.18. The quantitative estimate of drug-likeness (QED) is 0.800. The molecule has 3 unspecified atom stereocenters. The molecule has 3 atom stereocenters. The molecule has 3 nitrogen and oxygen atoms in total. The van der Waals surface area contributed by atoms with Crippen molar-refractivity contribution in [1.29, 1.82) is 0 Å². The van der Waals surface area contributed by atoms with E-state index < -0.39 is 0 Å². The van der Waals surface area contributed by atoms with Gasteiger partial charge in [-0.25, -0.2) is 0 Å².